The summed E-state index contributed by atoms with van der Waals surface area (Å²) in [6, 6.07) is 6.08. The van der Waals surface area contributed by atoms with E-state index in [1.165, 1.54) is 19.2 Å². The van der Waals surface area contributed by atoms with E-state index < -0.39 is 28.0 Å². The summed E-state index contributed by atoms with van der Waals surface area (Å²) in [7, 11) is 1.31. The van der Waals surface area contributed by atoms with Crippen molar-refractivity contribution >= 4 is 28.3 Å². The number of benzene rings is 1. The van der Waals surface area contributed by atoms with Crippen molar-refractivity contribution < 1.29 is 18.7 Å². The molecule has 0 saturated heterocycles. The number of carbonyl (C=O) groups excluding carboxylic acids is 1. The first-order chi connectivity index (χ1) is 8.75. The number of fused-ring (bicyclic) bond motifs is 1. The summed E-state index contributed by atoms with van der Waals surface area (Å²) in [6.45, 7) is 0. The van der Waals surface area contributed by atoms with E-state index in [0.29, 0.717) is 5.52 Å². The highest BCUT2D eigenvalue weighted by molar-refractivity contribution is 6.35. The van der Waals surface area contributed by atoms with E-state index in [1.54, 1.807) is 12.1 Å². The largest absolute Gasteiger partial charge is 0.506 e. The van der Waals surface area contributed by atoms with Crippen molar-refractivity contribution in [2.75, 3.05) is 0 Å². The summed E-state index contributed by atoms with van der Waals surface area (Å²) >= 11 is 4.62. The van der Waals surface area contributed by atoms with Crippen molar-refractivity contribution in [2.45, 2.75) is 5.38 Å². The minimum absolute atomic E-state index is 0.119. The molecule has 7 heteroatoms. The van der Waals surface area contributed by atoms with E-state index in [1.807, 2.05) is 0 Å². The van der Waals surface area contributed by atoms with Crippen LogP contribution in [0.1, 0.15) is 10.4 Å². The Morgan fingerprint density at radius 1 is 1.37 bits per heavy atom. The van der Waals surface area contributed by atoms with Gasteiger partial charge in [-0.05, 0) is 23.7 Å². The summed E-state index contributed by atoms with van der Waals surface area (Å²) in [5.74, 6) is -2.71. The molecule has 0 aliphatic heterocycles. The lowest BCUT2D eigenvalue weighted by Gasteiger charge is -2.12. The average Bonchev–Trinajstić information content (AvgIpc) is 2.35. The van der Waals surface area contributed by atoms with Crippen molar-refractivity contribution in [1.82, 2.24) is 4.57 Å². The Hall–Kier alpha value is -1.95. The molecule has 0 fully saturated rings. The number of ketones is 1. The molecule has 0 atom stereocenters. The van der Waals surface area contributed by atoms with Crippen LogP contribution in [0, 0.1) is 0 Å². The van der Waals surface area contributed by atoms with Gasteiger partial charge in [-0.2, -0.15) is 8.78 Å². The van der Waals surface area contributed by atoms with Crippen LogP contribution in [-0.4, -0.2) is 20.8 Å². The third-order valence-corrected chi connectivity index (χ3v) is 2.93. The number of nitrogens with zero attached hydrogens (tertiary/aromatic N) is 1. The molecule has 0 saturated carbocycles. The molecule has 1 heterocycles. The molecule has 0 radical (unpaired) electrons. The number of para-hydroxylation sites is 1. The zero-order chi connectivity index (χ0) is 14.4. The Morgan fingerprint density at radius 3 is 2.53 bits per heavy atom. The van der Waals surface area contributed by atoms with Gasteiger partial charge in [0, 0.05) is 12.4 Å². The quantitative estimate of drug-likeness (QED) is 0.681. The average molecular weight is 288 g/mol. The van der Waals surface area contributed by atoms with Gasteiger partial charge in [0.1, 0.15) is 11.3 Å². The zero-order valence-corrected chi connectivity index (χ0v) is 10.4. The molecule has 100 valence electrons. The number of aromatic nitrogens is 1. The van der Waals surface area contributed by atoms with Gasteiger partial charge in [-0.1, -0.05) is 12.1 Å². The fourth-order valence-corrected chi connectivity index (χ4v) is 1.92. The van der Waals surface area contributed by atoms with Gasteiger partial charge in [0.25, 0.3) is 11.3 Å². The molecule has 0 unspecified atom stereocenters. The van der Waals surface area contributed by atoms with E-state index in [2.05, 4.69) is 11.6 Å². The number of Topliss-reactive ketones (excluding diaryl/α,β-unsaturated/α-hetero) is 1. The van der Waals surface area contributed by atoms with Crippen LogP contribution in [0.2, 0.25) is 0 Å². The van der Waals surface area contributed by atoms with Gasteiger partial charge >= 0.3 is 5.38 Å². The molecule has 0 aliphatic carbocycles. The van der Waals surface area contributed by atoms with Gasteiger partial charge < -0.3 is 9.67 Å². The van der Waals surface area contributed by atoms with Crippen LogP contribution in [0.3, 0.4) is 0 Å². The molecule has 0 amide bonds. The lowest BCUT2D eigenvalue weighted by Crippen LogP contribution is -2.31. The Morgan fingerprint density at radius 2 is 1.95 bits per heavy atom. The lowest BCUT2D eigenvalue weighted by molar-refractivity contribution is 0.0531. The molecule has 1 N–H and O–H groups in total. The number of halogens is 3. The predicted molar refractivity (Wildman–Crippen MR) is 66.0 cm³/mol. The van der Waals surface area contributed by atoms with Crippen LogP contribution in [0.25, 0.3) is 10.9 Å². The van der Waals surface area contributed by atoms with Crippen molar-refractivity contribution in [2.24, 2.45) is 7.05 Å². The van der Waals surface area contributed by atoms with Crippen LogP contribution in [0.5, 0.6) is 5.75 Å². The Kier molecular flexibility index (Phi) is 3.06. The molecule has 0 bridgehead atoms. The Bertz CT molecular complexity index is 734. The van der Waals surface area contributed by atoms with E-state index in [0.717, 1.165) is 4.57 Å². The Balaban J connectivity index is 2.91. The predicted octanol–water partition coefficient (Wildman–Crippen LogP) is 2.26. The fourth-order valence-electron chi connectivity index (χ4n) is 1.83. The number of carbonyl (C=O) groups is 1. The number of rotatable bonds is 2. The molecule has 4 nitrogen and oxygen atoms in total. The number of hydrogen-bond acceptors (Lipinski definition) is 3. The molecule has 0 spiro atoms. The van der Waals surface area contributed by atoms with Crippen LogP contribution in [0.15, 0.2) is 29.1 Å². The molecular weight excluding hydrogens is 280 g/mol. The normalized spacial score (nSPS) is 11.8. The standard InChI is InChI=1S/C12H8ClF2NO3/c1-16-7-5-3-2-4-6(7)9(17)8(11(16)19)10(18)12(13,14)15/h2-5,17H,1H3. The number of alkyl halides is 3. The van der Waals surface area contributed by atoms with E-state index in [-0.39, 0.29) is 5.39 Å². The number of aryl methyl sites for hydroxylation is 1. The second-order valence-corrected chi connectivity index (χ2v) is 4.41. The molecule has 2 aromatic rings. The van der Waals surface area contributed by atoms with Gasteiger partial charge in [-0.3, -0.25) is 9.59 Å². The molecule has 1 aromatic carbocycles. The lowest BCUT2D eigenvalue weighted by atomic mass is 10.1. The maximum atomic E-state index is 12.8. The van der Waals surface area contributed by atoms with Crippen LogP contribution in [-0.2, 0) is 7.05 Å². The monoisotopic (exact) mass is 287 g/mol. The van der Waals surface area contributed by atoms with Gasteiger partial charge in [0.05, 0.1) is 5.52 Å². The minimum atomic E-state index is -4.24. The minimum Gasteiger partial charge on any atom is -0.506 e. The molecular formula is C12H8ClF2NO3. The van der Waals surface area contributed by atoms with E-state index in [4.69, 9.17) is 0 Å². The first-order valence-electron chi connectivity index (χ1n) is 5.17. The van der Waals surface area contributed by atoms with Crippen molar-refractivity contribution in [3.05, 3.63) is 40.2 Å². The summed E-state index contributed by atoms with van der Waals surface area (Å²) in [6.07, 6.45) is 0. The number of aromatic hydroxyl groups is 1. The summed E-state index contributed by atoms with van der Waals surface area (Å²) in [5.41, 5.74) is -1.72. The molecule has 0 aliphatic rings. The molecule has 19 heavy (non-hydrogen) atoms. The maximum absolute atomic E-state index is 12.8. The highest BCUT2D eigenvalue weighted by Crippen LogP contribution is 2.31. The van der Waals surface area contributed by atoms with Crippen LogP contribution >= 0.6 is 11.6 Å². The summed E-state index contributed by atoms with van der Waals surface area (Å²) in [5, 5.41) is 5.74. The van der Waals surface area contributed by atoms with E-state index >= 15 is 0 Å². The van der Waals surface area contributed by atoms with Gasteiger partial charge in [0.2, 0.25) is 0 Å². The Labute approximate surface area is 110 Å². The van der Waals surface area contributed by atoms with Gasteiger partial charge in [0.15, 0.2) is 0 Å². The van der Waals surface area contributed by atoms with Crippen LogP contribution in [0.4, 0.5) is 8.78 Å². The second kappa shape index (κ2) is 4.31. The third kappa shape index (κ3) is 2.08. The smallest absolute Gasteiger partial charge is 0.385 e. The number of pyridine rings is 1. The first kappa shape index (κ1) is 13.5. The van der Waals surface area contributed by atoms with Crippen LogP contribution < -0.4 is 5.56 Å². The van der Waals surface area contributed by atoms with Crippen molar-refractivity contribution in [3.63, 3.8) is 0 Å². The SMILES string of the molecule is Cn1c(=O)c(C(=O)C(F)(F)Cl)c(O)c2ccccc21. The van der Waals surface area contributed by atoms with Gasteiger partial charge in [-0.25, -0.2) is 0 Å². The number of hydrogen-bond donors (Lipinski definition) is 1. The first-order valence-corrected chi connectivity index (χ1v) is 5.55. The zero-order valence-electron chi connectivity index (χ0n) is 9.65. The highest BCUT2D eigenvalue weighted by atomic mass is 35.5. The highest BCUT2D eigenvalue weighted by Gasteiger charge is 2.40. The van der Waals surface area contributed by atoms with E-state index in [9.17, 15) is 23.5 Å². The third-order valence-electron chi connectivity index (χ3n) is 2.76. The summed E-state index contributed by atoms with van der Waals surface area (Å²) in [4.78, 5) is 23.3. The van der Waals surface area contributed by atoms with Gasteiger partial charge in [-0.15, -0.1) is 0 Å². The maximum Gasteiger partial charge on any atom is 0.385 e. The summed E-state index contributed by atoms with van der Waals surface area (Å²) < 4.78 is 26.7. The molecule has 2 rings (SSSR count). The van der Waals surface area contributed by atoms with Crippen molar-refractivity contribution in [1.29, 1.82) is 0 Å². The topological polar surface area (TPSA) is 59.3 Å². The fraction of sp³-hybridized carbons (Fsp3) is 0.167. The second-order valence-electron chi connectivity index (χ2n) is 3.93. The van der Waals surface area contributed by atoms with Crippen molar-refractivity contribution in [3.8, 4) is 5.75 Å². The molecule has 1 aromatic heterocycles.